The predicted octanol–water partition coefficient (Wildman–Crippen LogP) is 5.43. The van der Waals surface area contributed by atoms with Crippen molar-refractivity contribution < 1.29 is 9.18 Å². The number of benzene rings is 2. The second kappa shape index (κ2) is 10.7. The molecule has 0 aliphatic carbocycles. The normalized spacial score (nSPS) is 14.5. The van der Waals surface area contributed by atoms with E-state index in [2.05, 4.69) is 20.4 Å². The van der Waals surface area contributed by atoms with Crippen LogP contribution in [0.25, 0.3) is 5.69 Å². The summed E-state index contributed by atoms with van der Waals surface area (Å²) in [5.74, 6) is 0.378. The Kier molecular flexibility index (Phi) is 7.67. The van der Waals surface area contributed by atoms with Gasteiger partial charge in [-0.2, -0.15) is 0 Å². The first-order chi connectivity index (χ1) is 15.5. The quantitative estimate of drug-likeness (QED) is 0.444. The number of carbonyl (C=O) groups is 1. The number of halogens is 3. The molecule has 1 aliphatic heterocycles. The van der Waals surface area contributed by atoms with Crippen molar-refractivity contribution >= 4 is 46.6 Å². The summed E-state index contributed by atoms with van der Waals surface area (Å²) in [6.45, 7) is 2.69. The minimum atomic E-state index is -0.311. The first kappa shape index (κ1) is 23.0. The third-order valence-electron chi connectivity index (χ3n) is 5.13. The zero-order chi connectivity index (χ0) is 22.5. The zero-order valence-corrected chi connectivity index (χ0v) is 19.6. The molecular formula is C22H22Cl2FN5OS. The van der Waals surface area contributed by atoms with Gasteiger partial charge in [-0.3, -0.25) is 14.3 Å². The zero-order valence-electron chi connectivity index (χ0n) is 17.2. The summed E-state index contributed by atoms with van der Waals surface area (Å²) in [4.78, 5) is 14.8. The van der Waals surface area contributed by atoms with Gasteiger partial charge in [-0.15, -0.1) is 10.2 Å². The lowest BCUT2D eigenvalue weighted by Gasteiger charge is -2.26. The third-order valence-corrected chi connectivity index (χ3v) is 6.80. The van der Waals surface area contributed by atoms with Crippen molar-refractivity contribution in [2.75, 3.05) is 24.2 Å². The number of piperidine rings is 1. The Balaban J connectivity index is 1.50. The van der Waals surface area contributed by atoms with Crippen LogP contribution in [0.15, 0.2) is 47.6 Å². The van der Waals surface area contributed by atoms with Crippen molar-refractivity contribution in [3.8, 4) is 5.69 Å². The molecule has 0 spiro atoms. The van der Waals surface area contributed by atoms with Gasteiger partial charge in [0.25, 0.3) is 0 Å². The van der Waals surface area contributed by atoms with Crippen molar-refractivity contribution in [3.05, 3.63) is 64.2 Å². The molecule has 1 aliphatic rings. The van der Waals surface area contributed by atoms with E-state index < -0.39 is 0 Å². The monoisotopic (exact) mass is 493 g/mol. The number of aromatic nitrogens is 3. The molecule has 1 aromatic heterocycles. The van der Waals surface area contributed by atoms with Gasteiger partial charge in [-0.1, -0.05) is 41.4 Å². The largest absolute Gasteiger partial charge is 0.325 e. The number of hydrogen-bond donors (Lipinski definition) is 1. The van der Waals surface area contributed by atoms with Crippen molar-refractivity contribution in [2.24, 2.45) is 0 Å². The summed E-state index contributed by atoms with van der Waals surface area (Å²) in [6, 6.07) is 11.1. The highest BCUT2D eigenvalue weighted by Crippen LogP contribution is 2.26. The predicted molar refractivity (Wildman–Crippen MR) is 126 cm³/mol. The van der Waals surface area contributed by atoms with Crippen LogP contribution in [0.3, 0.4) is 0 Å². The lowest BCUT2D eigenvalue weighted by molar-refractivity contribution is -0.113. The topological polar surface area (TPSA) is 63.1 Å². The fourth-order valence-corrected chi connectivity index (χ4v) is 4.63. The Labute approximate surface area is 200 Å². The molecule has 10 heteroatoms. The molecule has 168 valence electrons. The van der Waals surface area contributed by atoms with Gasteiger partial charge >= 0.3 is 0 Å². The Hall–Kier alpha value is -2.13. The van der Waals surface area contributed by atoms with Crippen LogP contribution in [0.1, 0.15) is 25.1 Å². The lowest BCUT2D eigenvalue weighted by Crippen LogP contribution is -2.30. The molecule has 3 aromatic rings. The van der Waals surface area contributed by atoms with Crippen LogP contribution >= 0.6 is 35.0 Å². The molecule has 0 saturated carbocycles. The van der Waals surface area contributed by atoms with E-state index in [0.29, 0.717) is 27.4 Å². The maximum atomic E-state index is 13.5. The second-order valence-electron chi connectivity index (χ2n) is 7.51. The van der Waals surface area contributed by atoms with E-state index in [1.807, 2.05) is 4.57 Å². The van der Waals surface area contributed by atoms with Gasteiger partial charge < -0.3 is 5.32 Å². The van der Waals surface area contributed by atoms with E-state index in [-0.39, 0.29) is 17.5 Å². The summed E-state index contributed by atoms with van der Waals surface area (Å²) in [5, 5.41) is 12.9. The van der Waals surface area contributed by atoms with Gasteiger partial charge in [0.05, 0.1) is 22.3 Å². The van der Waals surface area contributed by atoms with Crippen LogP contribution in [0.5, 0.6) is 0 Å². The number of anilines is 1. The molecule has 0 unspecified atom stereocenters. The summed E-state index contributed by atoms with van der Waals surface area (Å²) < 4.78 is 15.4. The number of rotatable bonds is 7. The Bertz CT molecular complexity index is 1090. The molecule has 1 N–H and O–H groups in total. The molecule has 1 saturated heterocycles. The molecule has 0 bridgehead atoms. The van der Waals surface area contributed by atoms with E-state index in [4.69, 9.17) is 23.2 Å². The molecule has 2 heterocycles. The van der Waals surface area contributed by atoms with E-state index >= 15 is 0 Å². The minimum absolute atomic E-state index is 0.128. The van der Waals surface area contributed by atoms with Crippen molar-refractivity contribution in [3.63, 3.8) is 0 Å². The van der Waals surface area contributed by atoms with Crippen LogP contribution in [-0.4, -0.2) is 44.4 Å². The Morgan fingerprint density at radius 3 is 2.50 bits per heavy atom. The molecule has 1 amide bonds. The molecule has 32 heavy (non-hydrogen) atoms. The lowest BCUT2D eigenvalue weighted by atomic mass is 10.1. The van der Waals surface area contributed by atoms with Crippen molar-refractivity contribution in [2.45, 2.75) is 31.0 Å². The Morgan fingerprint density at radius 2 is 1.78 bits per heavy atom. The standard InChI is InChI=1S/C22H22Cl2FN5OS/c23-18-9-6-16(12-19(18)24)26-21(31)14-32-22-28-27-20(13-29-10-2-1-3-11-29)30(22)17-7-4-15(25)5-8-17/h4-9,12H,1-3,10-11,13-14H2,(H,26,31). The number of hydrogen-bond acceptors (Lipinski definition) is 5. The van der Waals surface area contributed by atoms with Gasteiger partial charge in [-0.05, 0) is 68.4 Å². The smallest absolute Gasteiger partial charge is 0.234 e. The number of nitrogens with zero attached hydrogens (tertiary/aromatic N) is 4. The van der Waals surface area contributed by atoms with Gasteiger partial charge in [0.1, 0.15) is 5.82 Å². The SMILES string of the molecule is O=C(CSc1nnc(CN2CCCCC2)n1-c1ccc(F)cc1)Nc1ccc(Cl)c(Cl)c1. The molecule has 0 atom stereocenters. The average Bonchev–Trinajstić information content (AvgIpc) is 3.18. The van der Waals surface area contributed by atoms with Crippen molar-refractivity contribution in [1.29, 1.82) is 0 Å². The van der Waals surface area contributed by atoms with Crippen molar-refractivity contribution in [1.82, 2.24) is 19.7 Å². The van der Waals surface area contributed by atoms with Gasteiger partial charge in [0.2, 0.25) is 5.91 Å². The average molecular weight is 494 g/mol. The van der Waals surface area contributed by atoms with Crippen LogP contribution in [0.4, 0.5) is 10.1 Å². The highest BCUT2D eigenvalue weighted by Gasteiger charge is 2.19. The van der Waals surface area contributed by atoms with Gasteiger partial charge in [-0.25, -0.2) is 4.39 Å². The van der Waals surface area contributed by atoms with Crippen LogP contribution in [-0.2, 0) is 11.3 Å². The maximum absolute atomic E-state index is 13.5. The maximum Gasteiger partial charge on any atom is 0.234 e. The van der Waals surface area contributed by atoms with Crippen LogP contribution < -0.4 is 5.32 Å². The second-order valence-corrected chi connectivity index (χ2v) is 9.27. The summed E-state index contributed by atoms with van der Waals surface area (Å²) in [7, 11) is 0. The fourth-order valence-electron chi connectivity index (χ4n) is 3.56. The molecule has 0 radical (unpaired) electrons. The summed E-state index contributed by atoms with van der Waals surface area (Å²) >= 11 is 13.2. The highest BCUT2D eigenvalue weighted by atomic mass is 35.5. The first-order valence-corrected chi connectivity index (χ1v) is 12.0. The minimum Gasteiger partial charge on any atom is -0.325 e. The number of likely N-dealkylation sites (tertiary alicyclic amines) is 1. The van der Waals surface area contributed by atoms with E-state index in [1.165, 1.54) is 43.2 Å². The summed E-state index contributed by atoms with van der Waals surface area (Å²) in [5.41, 5.74) is 1.33. The van der Waals surface area contributed by atoms with E-state index in [0.717, 1.165) is 24.6 Å². The fraction of sp³-hybridized carbons (Fsp3) is 0.318. The highest BCUT2D eigenvalue weighted by molar-refractivity contribution is 7.99. The number of carbonyl (C=O) groups excluding carboxylic acids is 1. The number of thioether (sulfide) groups is 1. The first-order valence-electron chi connectivity index (χ1n) is 10.3. The van der Waals surface area contributed by atoms with Gasteiger partial charge in [0.15, 0.2) is 11.0 Å². The van der Waals surface area contributed by atoms with Crippen LogP contribution in [0.2, 0.25) is 10.0 Å². The summed E-state index contributed by atoms with van der Waals surface area (Å²) in [6.07, 6.45) is 3.58. The van der Waals surface area contributed by atoms with E-state index in [1.54, 1.807) is 30.3 Å². The molecule has 1 fully saturated rings. The molecule has 2 aromatic carbocycles. The Morgan fingerprint density at radius 1 is 1.03 bits per heavy atom. The molecule has 6 nitrogen and oxygen atoms in total. The number of nitrogens with one attached hydrogen (secondary N) is 1. The van der Waals surface area contributed by atoms with E-state index in [9.17, 15) is 9.18 Å². The molecular weight excluding hydrogens is 472 g/mol. The molecule has 4 rings (SSSR count). The van der Waals surface area contributed by atoms with Crippen LogP contribution in [0, 0.1) is 5.82 Å². The number of amides is 1. The third kappa shape index (κ3) is 5.81. The van der Waals surface area contributed by atoms with Gasteiger partial charge in [0, 0.05) is 11.4 Å².